The number of carbonyl (C=O) groups is 1. The Labute approximate surface area is 133 Å². The van der Waals surface area contributed by atoms with Crippen LogP contribution >= 0.6 is 0 Å². The van der Waals surface area contributed by atoms with E-state index in [2.05, 4.69) is 11.5 Å². The highest BCUT2D eigenvalue weighted by Crippen LogP contribution is 2.10. The average Bonchev–Trinajstić information content (AvgIpc) is 2.78. The first kappa shape index (κ1) is 16.7. The van der Waals surface area contributed by atoms with Gasteiger partial charge in [-0.05, 0) is 37.9 Å². The van der Waals surface area contributed by atoms with Crippen molar-refractivity contribution in [3.63, 3.8) is 0 Å². The Morgan fingerprint density at radius 1 is 1.23 bits per heavy atom. The summed E-state index contributed by atoms with van der Waals surface area (Å²) in [5.74, 6) is 0.106. The van der Waals surface area contributed by atoms with Crippen molar-refractivity contribution in [3.8, 4) is 0 Å². The lowest BCUT2D eigenvalue weighted by Crippen LogP contribution is -2.37. The smallest absolute Gasteiger partial charge is 0.253 e. The topological polar surface area (TPSA) is 43.8 Å². The van der Waals surface area contributed by atoms with Gasteiger partial charge >= 0.3 is 0 Å². The average molecular weight is 302 g/mol. The van der Waals surface area contributed by atoms with Crippen molar-refractivity contribution in [1.29, 1.82) is 0 Å². The summed E-state index contributed by atoms with van der Waals surface area (Å²) in [5.41, 5.74) is 0.752. The van der Waals surface area contributed by atoms with E-state index >= 15 is 0 Å². The third kappa shape index (κ3) is 4.97. The summed E-state index contributed by atoms with van der Waals surface area (Å²) in [6, 6.07) is 9.44. The van der Waals surface area contributed by atoms with Gasteiger partial charge in [0.2, 0.25) is 0 Å². The van der Waals surface area contributed by atoms with E-state index in [1.807, 2.05) is 41.3 Å². The second-order valence-electron chi connectivity index (χ2n) is 5.83. The summed E-state index contributed by atoms with van der Waals surface area (Å²) in [5, 5.41) is 10.0. The van der Waals surface area contributed by atoms with E-state index in [4.69, 9.17) is 0 Å². The minimum atomic E-state index is -0.311. The van der Waals surface area contributed by atoms with Crippen molar-refractivity contribution in [2.24, 2.45) is 0 Å². The van der Waals surface area contributed by atoms with Crippen LogP contribution < -0.4 is 0 Å². The van der Waals surface area contributed by atoms with Crippen molar-refractivity contribution < 1.29 is 9.90 Å². The Morgan fingerprint density at radius 3 is 2.73 bits per heavy atom. The zero-order chi connectivity index (χ0) is 15.8. The molecule has 1 fully saturated rings. The molecular weight excluding hydrogens is 276 g/mol. The Kier molecular flexibility index (Phi) is 6.62. The van der Waals surface area contributed by atoms with E-state index in [1.54, 1.807) is 0 Å². The number of amides is 1. The molecule has 0 saturated carbocycles. The normalized spacial score (nSPS) is 17.8. The third-order valence-corrected chi connectivity index (χ3v) is 4.07. The van der Waals surface area contributed by atoms with Crippen LogP contribution in [0.5, 0.6) is 0 Å². The first-order chi connectivity index (χ1) is 10.7. The van der Waals surface area contributed by atoms with Crippen LogP contribution in [-0.4, -0.2) is 59.6 Å². The summed E-state index contributed by atoms with van der Waals surface area (Å²) >= 11 is 0. The van der Waals surface area contributed by atoms with Gasteiger partial charge in [0.1, 0.15) is 0 Å². The standard InChI is InChI=1S/C18H26N2O2/c1-2-3-10-17(21)15-19-11-7-12-20(14-13-19)18(22)16-8-5-4-6-9-16/h2,4-6,8-9,17,21H,1,3,7,10-15H2. The van der Waals surface area contributed by atoms with Crippen LogP contribution in [-0.2, 0) is 0 Å². The van der Waals surface area contributed by atoms with Crippen LogP contribution in [0, 0.1) is 0 Å². The summed E-state index contributed by atoms with van der Waals surface area (Å²) in [6.07, 6.45) is 4.08. The second kappa shape index (κ2) is 8.71. The van der Waals surface area contributed by atoms with Gasteiger partial charge in [-0.1, -0.05) is 24.3 Å². The summed E-state index contributed by atoms with van der Waals surface area (Å²) in [7, 11) is 0. The molecule has 1 N–H and O–H groups in total. The molecule has 4 heteroatoms. The largest absolute Gasteiger partial charge is 0.392 e. The van der Waals surface area contributed by atoms with E-state index in [1.165, 1.54) is 0 Å². The van der Waals surface area contributed by atoms with Crippen molar-refractivity contribution >= 4 is 5.91 Å². The monoisotopic (exact) mass is 302 g/mol. The summed E-state index contributed by atoms with van der Waals surface area (Å²) < 4.78 is 0. The molecule has 1 aliphatic rings. The van der Waals surface area contributed by atoms with Gasteiger partial charge in [-0.15, -0.1) is 6.58 Å². The van der Waals surface area contributed by atoms with Crippen LogP contribution in [0.15, 0.2) is 43.0 Å². The van der Waals surface area contributed by atoms with E-state index in [0.29, 0.717) is 6.54 Å². The fourth-order valence-electron chi connectivity index (χ4n) is 2.82. The zero-order valence-corrected chi connectivity index (χ0v) is 13.2. The second-order valence-corrected chi connectivity index (χ2v) is 5.83. The minimum Gasteiger partial charge on any atom is -0.392 e. The van der Waals surface area contributed by atoms with Crippen LogP contribution in [0.25, 0.3) is 0 Å². The predicted octanol–water partition coefficient (Wildman–Crippen LogP) is 2.16. The molecule has 2 rings (SSSR count). The minimum absolute atomic E-state index is 0.106. The highest BCUT2D eigenvalue weighted by Gasteiger charge is 2.21. The SMILES string of the molecule is C=CCCC(O)CN1CCCN(C(=O)c2ccccc2)CC1. The van der Waals surface area contributed by atoms with E-state index in [-0.39, 0.29) is 12.0 Å². The van der Waals surface area contributed by atoms with Crippen LogP contribution in [0.4, 0.5) is 0 Å². The van der Waals surface area contributed by atoms with Crippen LogP contribution in [0.1, 0.15) is 29.6 Å². The van der Waals surface area contributed by atoms with E-state index in [9.17, 15) is 9.90 Å². The number of aliphatic hydroxyl groups excluding tert-OH is 1. The maximum atomic E-state index is 12.5. The predicted molar refractivity (Wildman–Crippen MR) is 88.8 cm³/mol. The number of allylic oxidation sites excluding steroid dienone is 1. The van der Waals surface area contributed by atoms with Gasteiger partial charge in [0, 0.05) is 31.7 Å². The lowest BCUT2D eigenvalue weighted by molar-refractivity contribution is 0.0753. The quantitative estimate of drug-likeness (QED) is 0.819. The molecule has 1 unspecified atom stereocenters. The van der Waals surface area contributed by atoms with Crippen LogP contribution in [0.2, 0.25) is 0 Å². The van der Waals surface area contributed by atoms with Gasteiger partial charge in [-0.2, -0.15) is 0 Å². The molecule has 1 aliphatic heterocycles. The first-order valence-corrected chi connectivity index (χ1v) is 8.06. The molecule has 1 heterocycles. The highest BCUT2D eigenvalue weighted by molar-refractivity contribution is 5.94. The first-order valence-electron chi connectivity index (χ1n) is 8.06. The molecule has 1 aromatic carbocycles. The van der Waals surface area contributed by atoms with Gasteiger partial charge in [0.05, 0.1) is 6.10 Å². The summed E-state index contributed by atoms with van der Waals surface area (Å²) in [6.45, 7) is 7.63. The molecule has 0 radical (unpaired) electrons. The molecule has 4 nitrogen and oxygen atoms in total. The van der Waals surface area contributed by atoms with E-state index < -0.39 is 0 Å². The lowest BCUT2D eigenvalue weighted by atomic mass is 10.2. The number of aliphatic hydroxyl groups is 1. The number of rotatable bonds is 6. The van der Waals surface area contributed by atoms with Gasteiger partial charge < -0.3 is 10.0 Å². The van der Waals surface area contributed by atoms with Crippen LogP contribution in [0.3, 0.4) is 0 Å². The summed E-state index contributed by atoms with van der Waals surface area (Å²) in [4.78, 5) is 16.6. The number of hydrogen-bond donors (Lipinski definition) is 1. The fourth-order valence-corrected chi connectivity index (χ4v) is 2.82. The molecule has 0 bridgehead atoms. The van der Waals surface area contributed by atoms with Crippen molar-refractivity contribution in [1.82, 2.24) is 9.80 Å². The Bertz CT molecular complexity index is 475. The number of β-amino-alcohol motifs (C(OH)–C–C–N with tert-alkyl or cyclic N) is 1. The van der Waals surface area contributed by atoms with Gasteiger partial charge in [-0.25, -0.2) is 0 Å². The number of nitrogens with zero attached hydrogens (tertiary/aromatic N) is 2. The van der Waals surface area contributed by atoms with Gasteiger partial charge in [-0.3, -0.25) is 9.69 Å². The Balaban J connectivity index is 1.84. The molecule has 22 heavy (non-hydrogen) atoms. The maximum absolute atomic E-state index is 12.5. The molecule has 1 amide bonds. The molecule has 1 atom stereocenters. The Hall–Kier alpha value is -1.65. The van der Waals surface area contributed by atoms with Gasteiger partial charge in [0.25, 0.3) is 5.91 Å². The molecule has 0 aliphatic carbocycles. The van der Waals surface area contributed by atoms with Gasteiger partial charge in [0.15, 0.2) is 0 Å². The van der Waals surface area contributed by atoms with Crippen molar-refractivity contribution in [3.05, 3.63) is 48.6 Å². The number of hydrogen-bond acceptors (Lipinski definition) is 3. The lowest BCUT2D eigenvalue weighted by Gasteiger charge is -2.24. The molecule has 1 aromatic rings. The Morgan fingerprint density at radius 2 is 2.00 bits per heavy atom. The highest BCUT2D eigenvalue weighted by atomic mass is 16.3. The molecular formula is C18H26N2O2. The van der Waals surface area contributed by atoms with Crippen molar-refractivity contribution in [2.75, 3.05) is 32.7 Å². The molecule has 0 aromatic heterocycles. The van der Waals surface area contributed by atoms with Crippen molar-refractivity contribution in [2.45, 2.75) is 25.4 Å². The maximum Gasteiger partial charge on any atom is 0.253 e. The number of benzene rings is 1. The molecule has 120 valence electrons. The zero-order valence-electron chi connectivity index (χ0n) is 13.2. The number of carbonyl (C=O) groups excluding carboxylic acids is 1. The van der Waals surface area contributed by atoms with E-state index in [0.717, 1.165) is 51.0 Å². The third-order valence-electron chi connectivity index (χ3n) is 4.07. The molecule has 1 saturated heterocycles. The molecule has 0 spiro atoms. The fraction of sp³-hybridized carbons (Fsp3) is 0.500.